The van der Waals surface area contributed by atoms with Gasteiger partial charge in [0.25, 0.3) is 0 Å². The van der Waals surface area contributed by atoms with Crippen LogP contribution in [0.5, 0.6) is 0 Å². The number of nitrogens with zero attached hydrogens (tertiary/aromatic N) is 4. The van der Waals surface area contributed by atoms with Crippen molar-refractivity contribution < 1.29 is 0 Å². The number of halogens is 1. The topological polar surface area (TPSA) is 55.6 Å². The molecule has 2 heterocycles. The zero-order chi connectivity index (χ0) is 16.0. The summed E-state index contributed by atoms with van der Waals surface area (Å²) in [7, 11) is 2.00. The third kappa shape index (κ3) is 2.39. The van der Waals surface area contributed by atoms with Crippen molar-refractivity contribution in [3.8, 4) is 0 Å². The van der Waals surface area contributed by atoms with E-state index in [9.17, 15) is 0 Å². The zero-order valence-electron chi connectivity index (χ0n) is 12.7. The Morgan fingerprint density at radius 3 is 2.78 bits per heavy atom. The lowest BCUT2D eigenvalue weighted by molar-refractivity contribution is 0.886. The van der Waals surface area contributed by atoms with E-state index in [1.807, 2.05) is 44.3 Å². The van der Waals surface area contributed by atoms with Gasteiger partial charge in [0, 0.05) is 23.1 Å². The number of benzene rings is 2. The highest BCUT2D eigenvalue weighted by Crippen LogP contribution is 2.28. The zero-order valence-corrected chi connectivity index (χ0v) is 13.5. The molecule has 0 saturated heterocycles. The molecule has 0 bridgehead atoms. The van der Waals surface area contributed by atoms with Crippen LogP contribution >= 0.6 is 11.6 Å². The van der Waals surface area contributed by atoms with E-state index >= 15 is 0 Å². The van der Waals surface area contributed by atoms with E-state index in [0.29, 0.717) is 5.02 Å². The Morgan fingerprint density at radius 2 is 1.96 bits per heavy atom. The number of nitrogens with one attached hydrogen (secondary N) is 1. The number of fused-ring (bicyclic) bond motifs is 2. The Hall–Kier alpha value is -2.66. The van der Waals surface area contributed by atoms with Gasteiger partial charge in [0.15, 0.2) is 0 Å². The van der Waals surface area contributed by atoms with Gasteiger partial charge in [-0.1, -0.05) is 17.7 Å². The number of imidazole rings is 1. The van der Waals surface area contributed by atoms with Crippen LogP contribution in [0.3, 0.4) is 0 Å². The number of hydrogen-bond acceptors (Lipinski definition) is 4. The van der Waals surface area contributed by atoms with Gasteiger partial charge in [-0.15, -0.1) is 0 Å². The first kappa shape index (κ1) is 14.0. The number of rotatable bonds is 2. The third-order valence-electron chi connectivity index (χ3n) is 3.95. The summed E-state index contributed by atoms with van der Waals surface area (Å²) in [5, 5.41) is 4.94. The molecule has 0 spiro atoms. The largest absolute Gasteiger partial charge is 0.340 e. The van der Waals surface area contributed by atoms with Crippen molar-refractivity contribution in [3.63, 3.8) is 0 Å². The summed E-state index contributed by atoms with van der Waals surface area (Å²) in [5.41, 5.74) is 3.73. The van der Waals surface area contributed by atoms with Crippen LogP contribution in [0.15, 0.2) is 42.7 Å². The number of aryl methyl sites for hydroxylation is 2. The third-order valence-corrected chi connectivity index (χ3v) is 4.18. The summed E-state index contributed by atoms with van der Waals surface area (Å²) < 4.78 is 2.06. The van der Waals surface area contributed by atoms with Crippen LogP contribution in [0, 0.1) is 6.92 Å². The first-order chi connectivity index (χ1) is 11.1. The van der Waals surface area contributed by atoms with Gasteiger partial charge in [-0.05, 0) is 37.3 Å². The Balaban J connectivity index is 1.90. The van der Waals surface area contributed by atoms with Gasteiger partial charge in [0.1, 0.15) is 18.0 Å². The molecule has 0 aliphatic carbocycles. The van der Waals surface area contributed by atoms with Crippen molar-refractivity contribution in [1.29, 1.82) is 0 Å². The molecule has 1 N–H and O–H groups in total. The summed E-state index contributed by atoms with van der Waals surface area (Å²) in [4.78, 5) is 13.3. The van der Waals surface area contributed by atoms with Crippen molar-refractivity contribution in [1.82, 2.24) is 19.5 Å². The second kappa shape index (κ2) is 5.21. The van der Waals surface area contributed by atoms with Crippen LogP contribution in [0.4, 0.5) is 11.5 Å². The number of anilines is 2. The Morgan fingerprint density at radius 1 is 1.09 bits per heavy atom. The van der Waals surface area contributed by atoms with Crippen LogP contribution in [-0.4, -0.2) is 19.5 Å². The molecule has 23 heavy (non-hydrogen) atoms. The van der Waals surface area contributed by atoms with E-state index in [0.717, 1.165) is 39.3 Å². The summed E-state index contributed by atoms with van der Waals surface area (Å²) >= 11 is 6.05. The van der Waals surface area contributed by atoms with Crippen molar-refractivity contribution in [2.45, 2.75) is 6.92 Å². The highest BCUT2D eigenvalue weighted by Gasteiger charge is 2.10. The standard InChI is InChI=1S/C17H14ClN5/c1-10-21-15-8-14-13(7-16(15)23(10)2)17(20-9-19-14)22-12-5-3-4-11(18)6-12/h3-9H,1-2H3,(H,19,20,22). The average Bonchev–Trinajstić information content (AvgIpc) is 2.80. The maximum absolute atomic E-state index is 6.05. The summed E-state index contributed by atoms with van der Waals surface area (Å²) in [5.74, 6) is 1.71. The maximum Gasteiger partial charge on any atom is 0.141 e. The lowest BCUT2D eigenvalue weighted by Gasteiger charge is -2.09. The monoisotopic (exact) mass is 323 g/mol. The minimum absolute atomic E-state index is 0.679. The van der Waals surface area contributed by atoms with E-state index in [4.69, 9.17) is 11.6 Å². The smallest absolute Gasteiger partial charge is 0.141 e. The Kier molecular flexibility index (Phi) is 3.16. The highest BCUT2D eigenvalue weighted by atomic mass is 35.5. The molecule has 4 rings (SSSR count). The van der Waals surface area contributed by atoms with Gasteiger partial charge < -0.3 is 9.88 Å². The van der Waals surface area contributed by atoms with E-state index in [1.165, 1.54) is 0 Å². The molecule has 0 amide bonds. The molecule has 0 aliphatic heterocycles. The van der Waals surface area contributed by atoms with Gasteiger partial charge in [-0.2, -0.15) is 0 Å². The van der Waals surface area contributed by atoms with Crippen molar-refractivity contribution in [2.75, 3.05) is 5.32 Å². The number of hydrogen-bond donors (Lipinski definition) is 1. The van der Waals surface area contributed by atoms with Crippen LogP contribution in [-0.2, 0) is 7.05 Å². The first-order valence-corrected chi connectivity index (χ1v) is 7.60. The summed E-state index contributed by atoms with van der Waals surface area (Å²) in [6.45, 7) is 1.99. The molecule has 4 aromatic rings. The van der Waals surface area contributed by atoms with Gasteiger partial charge in [-0.25, -0.2) is 15.0 Å². The minimum atomic E-state index is 0.679. The normalized spacial score (nSPS) is 11.3. The molecular formula is C17H14ClN5. The van der Waals surface area contributed by atoms with Crippen molar-refractivity contribution in [2.24, 2.45) is 7.05 Å². The molecule has 0 unspecified atom stereocenters. The molecule has 0 fully saturated rings. The van der Waals surface area contributed by atoms with Gasteiger partial charge in [0.2, 0.25) is 0 Å². The SMILES string of the molecule is Cc1nc2cc3ncnc(Nc4cccc(Cl)c4)c3cc2n1C. The molecular weight excluding hydrogens is 310 g/mol. The van der Waals surface area contributed by atoms with Crippen molar-refractivity contribution >= 4 is 45.0 Å². The second-order valence-corrected chi connectivity index (χ2v) is 5.87. The first-order valence-electron chi connectivity index (χ1n) is 7.22. The predicted octanol–water partition coefficient (Wildman–Crippen LogP) is 4.22. The van der Waals surface area contributed by atoms with Gasteiger partial charge in [0.05, 0.1) is 16.6 Å². The second-order valence-electron chi connectivity index (χ2n) is 5.43. The molecule has 5 nitrogen and oxygen atoms in total. The Labute approximate surface area is 138 Å². The maximum atomic E-state index is 6.05. The fourth-order valence-electron chi connectivity index (χ4n) is 2.67. The van der Waals surface area contributed by atoms with Crippen LogP contribution in [0.1, 0.15) is 5.82 Å². The van der Waals surface area contributed by atoms with Gasteiger partial charge in [-0.3, -0.25) is 0 Å². The molecule has 114 valence electrons. The number of aromatic nitrogens is 4. The van der Waals surface area contributed by atoms with E-state index in [1.54, 1.807) is 6.33 Å². The van der Waals surface area contributed by atoms with Gasteiger partial charge >= 0.3 is 0 Å². The van der Waals surface area contributed by atoms with Crippen LogP contribution in [0.2, 0.25) is 5.02 Å². The minimum Gasteiger partial charge on any atom is -0.340 e. The highest BCUT2D eigenvalue weighted by molar-refractivity contribution is 6.30. The average molecular weight is 324 g/mol. The van der Waals surface area contributed by atoms with E-state index < -0.39 is 0 Å². The quantitative estimate of drug-likeness (QED) is 0.600. The Bertz CT molecular complexity index is 1040. The lowest BCUT2D eigenvalue weighted by Crippen LogP contribution is -1.96. The van der Waals surface area contributed by atoms with Crippen molar-refractivity contribution in [3.05, 3.63) is 53.6 Å². The molecule has 0 atom stereocenters. The molecule has 2 aromatic carbocycles. The van der Waals surface area contributed by atoms with Crippen LogP contribution in [0.25, 0.3) is 21.9 Å². The molecule has 0 aliphatic rings. The fourth-order valence-corrected chi connectivity index (χ4v) is 2.86. The van der Waals surface area contributed by atoms with E-state index in [-0.39, 0.29) is 0 Å². The molecule has 6 heteroatoms. The molecule has 0 radical (unpaired) electrons. The van der Waals surface area contributed by atoms with Crippen LogP contribution < -0.4 is 5.32 Å². The molecule has 0 saturated carbocycles. The summed E-state index contributed by atoms with van der Waals surface area (Å²) in [6.07, 6.45) is 1.55. The molecule has 2 aromatic heterocycles. The predicted molar refractivity (Wildman–Crippen MR) is 93.3 cm³/mol. The lowest BCUT2D eigenvalue weighted by atomic mass is 10.2. The summed E-state index contributed by atoms with van der Waals surface area (Å²) in [6, 6.07) is 11.6. The fraction of sp³-hybridized carbons (Fsp3) is 0.118. The van der Waals surface area contributed by atoms with E-state index in [2.05, 4.69) is 30.9 Å².